The molecule has 0 unspecified atom stereocenters. The number of unbranched alkanes of at least 4 members (excludes halogenated alkanes) is 2. The molecule has 0 saturated heterocycles. The van der Waals surface area contributed by atoms with Crippen LogP contribution in [-0.4, -0.2) is 35.8 Å². The molecule has 0 atom stereocenters. The van der Waals surface area contributed by atoms with Gasteiger partial charge in [-0.1, -0.05) is 31.9 Å². The second kappa shape index (κ2) is 11.7. The van der Waals surface area contributed by atoms with Crippen molar-refractivity contribution in [2.75, 3.05) is 23.9 Å². The van der Waals surface area contributed by atoms with Gasteiger partial charge in [-0.3, -0.25) is 0 Å². The van der Waals surface area contributed by atoms with Crippen LogP contribution >= 0.6 is 31.9 Å². The number of ether oxygens (including phenoxy) is 2. The van der Waals surface area contributed by atoms with Crippen molar-refractivity contribution in [3.05, 3.63) is 35.4 Å². The van der Waals surface area contributed by atoms with Gasteiger partial charge in [0.2, 0.25) is 0 Å². The molecule has 6 heteroatoms. The van der Waals surface area contributed by atoms with Gasteiger partial charge >= 0.3 is 11.9 Å². The topological polar surface area (TPSA) is 52.6 Å². The molecule has 0 aromatic heterocycles. The van der Waals surface area contributed by atoms with E-state index >= 15 is 0 Å². The monoisotopic (exact) mass is 434 g/mol. The van der Waals surface area contributed by atoms with Crippen molar-refractivity contribution in [3.8, 4) is 0 Å². The molecular formula is C16H20Br2O4. The van der Waals surface area contributed by atoms with E-state index in [1.807, 2.05) is 0 Å². The summed E-state index contributed by atoms with van der Waals surface area (Å²) >= 11 is 6.65. The minimum atomic E-state index is -0.369. The quantitative estimate of drug-likeness (QED) is 0.311. The fourth-order valence-electron chi connectivity index (χ4n) is 1.63. The molecule has 122 valence electrons. The molecule has 0 aliphatic carbocycles. The Morgan fingerprint density at radius 2 is 1.09 bits per heavy atom. The minimum Gasteiger partial charge on any atom is -0.462 e. The number of alkyl halides is 2. The van der Waals surface area contributed by atoms with Gasteiger partial charge in [0.1, 0.15) is 0 Å². The summed E-state index contributed by atoms with van der Waals surface area (Å²) in [7, 11) is 0. The molecule has 0 heterocycles. The summed E-state index contributed by atoms with van der Waals surface area (Å²) in [5, 5.41) is 1.80. The average Bonchev–Trinajstić information content (AvgIpc) is 2.55. The van der Waals surface area contributed by atoms with E-state index in [-0.39, 0.29) is 11.9 Å². The lowest BCUT2D eigenvalue weighted by Crippen LogP contribution is -2.09. The number of rotatable bonds is 10. The van der Waals surface area contributed by atoms with Crippen molar-refractivity contribution >= 4 is 43.8 Å². The number of esters is 2. The van der Waals surface area contributed by atoms with Gasteiger partial charge in [0.05, 0.1) is 24.3 Å². The van der Waals surface area contributed by atoms with E-state index < -0.39 is 0 Å². The highest BCUT2D eigenvalue weighted by Gasteiger charge is 2.10. The molecule has 0 spiro atoms. The number of hydrogen-bond acceptors (Lipinski definition) is 4. The van der Waals surface area contributed by atoms with Crippen LogP contribution < -0.4 is 0 Å². The lowest BCUT2D eigenvalue weighted by Gasteiger charge is -2.06. The molecule has 0 radical (unpaired) electrons. The summed E-state index contributed by atoms with van der Waals surface area (Å²) in [6.07, 6.45) is 3.59. The van der Waals surface area contributed by atoms with E-state index in [0.29, 0.717) is 24.3 Å². The van der Waals surface area contributed by atoms with Crippen molar-refractivity contribution < 1.29 is 19.1 Å². The Kier molecular flexibility index (Phi) is 10.2. The second-order valence-electron chi connectivity index (χ2n) is 4.64. The van der Waals surface area contributed by atoms with Crippen LogP contribution in [0.4, 0.5) is 0 Å². The van der Waals surface area contributed by atoms with Crippen molar-refractivity contribution in [1.29, 1.82) is 0 Å². The highest BCUT2D eigenvalue weighted by atomic mass is 79.9. The number of halogens is 2. The zero-order chi connectivity index (χ0) is 16.2. The highest BCUT2D eigenvalue weighted by Crippen LogP contribution is 2.09. The Morgan fingerprint density at radius 3 is 1.41 bits per heavy atom. The Morgan fingerprint density at radius 1 is 0.727 bits per heavy atom. The molecule has 1 aromatic carbocycles. The molecule has 0 N–H and O–H groups in total. The van der Waals surface area contributed by atoms with Gasteiger partial charge in [0, 0.05) is 10.7 Å². The highest BCUT2D eigenvalue weighted by molar-refractivity contribution is 9.09. The zero-order valence-corrected chi connectivity index (χ0v) is 15.5. The van der Waals surface area contributed by atoms with Gasteiger partial charge in [-0.15, -0.1) is 0 Å². The standard InChI is InChI=1S/C16H20Br2O4/c17-9-1-3-11-21-15(19)13-5-7-14(8-6-13)16(20)22-12-4-2-10-18/h5-8H,1-4,9-12H2. The Bertz CT molecular complexity index is 417. The molecule has 0 fully saturated rings. The lowest BCUT2D eigenvalue weighted by atomic mass is 10.1. The smallest absolute Gasteiger partial charge is 0.338 e. The molecular weight excluding hydrogens is 416 g/mol. The maximum atomic E-state index is 11.8. The molecule has 1 aromatic rings. The molecule has 22 heavy (non-hydrogen) atoms. The first-order valence-electron chi connectivity index (χ1n) is 7.25. The first-order valence-corrected chi connectivity index (χ1v) is 9.49. The summed E-state index contributed by atoms with van der Waals surface area (Å²) in [6.45, 7) is 0.809. The number of benzene rings is 1. The third-order valence-corrected chi connectivity index (χ3v) is 4.00. The van der Waals surface area contributed by atoms with Crippen LogP contribution in [0.15, 0.2) is 24.3 Å². The van der Waals surface area contributed by atoms with Crippen molar-refractivity contribution in [2.45, 2.75) is 25.7 Å². The third-order valence-electron chi connectivity index (χ3n) is 2.88. The van der Waals surface area contributed by atoms with Gasteiger partial charge in [-0.25, -0.2) is 9.59 Å². The fourth-order valence-corrected chi connectivity index (χ4v) is 2.42. The number of carbonyl (C=O) groups is 2. The molecule has 0 amide bonds. The van der Waals surface area contributed by atoms with E-state index in [4.69, 9.17) is 9.47 Å². The number of hydrogen-bond donors (Lipinski definition) is 0. The predicted octanol–water partition coefficient (Wildman–Crippen LogP) is 4.35. The second-order valence-corrected chi connectivity index (χ2v) is 6.23. The fraction of sp³-hybridized carbons (Fsp3) is 0.500. The zero-order valence-electron chi connectivity index (χ0n) is 12.4. The summed E-state index contributed by atoms with van der Waals surface area (Å²) in [4.78, 5) is 23.6. The van der Waals surface area contributed by atoms with E-state index in [9.17, 15) is 9.59 Å². The Balaban J connectivity index is 2.41. The Hall–Kier alpha value is -0.880. The molecule has 0 aliphatic rings. The van der Waals surface area contributed by atoms with E-state index in [0.717, 1.165) is 36.3 Å². The molecule has 0 aliphatic heterocycles. The number of carbonyl (C=O) groups excluding carboxylic acids is 2. The first kappa shape index (κ1) is 19.2. The summed E-state index contributed by atoms with van der Waals surface area (Å²) in [6, 6.07) is 6.34. The van der Waals surface area contributed by atoms with Crippen LogP contribution in [0.2, 0.25) is 0 Å². The first-order chi connectivity index (χ1) is 10.7. The largest absolute Gasteiger partial charge is 0.462 e. The van der Waals surface area contributed by atoms with Gasteiger partial charge in [0.15, 0.2) is 0 Å². The van der Waals surface area contributed by atoms with E-state index in [1.165, 1.54) is 0 Å². The van der Waals surface area contributed by atoms with Crippen LogP contribution in [0.5, 0.6) is 0 Å². The van der Waals surface area contributed by atoms with Crippen LogP contribution in [-0.2, 0) is 9.47 Å². The summed E-state index contributed by atoms with van der Waals surface area (Å²) < 4.78 is 10.3. The van der Waals surface area contributed by atoms with Gasteiger partial charge < -0.3 is 9.47 Å². The van der Waals surface area contributed by atoms with Crippen molar-refractivity contribution in [1.82, 2.24) is 0 Å². The van der Waals surface area contributed by atoms with Crippen LogP contribution in [0.3, 0.4) is 0 Å². The van der Waals surface area contributed by atoms with Crippen LogP contribution in [0, 0.1) is 0 Å². The average molecular weight is 436 g/mol. The van der Waals surface area contributed by atoms with Crippen molar-refractivity contribution in [2.24, 2.45) is 0 Å². The molecule has 4 nitrogen and oxygen atoms in total. The van der Waals surface area contributed by atoms with Gasteiger partial charge in [-0.2, -0.15) is 0 Å². The van der Waals surface area contributed by atoms with Crippen LogP contribution in [0.25, 0.3) is 0 Å². The SMILES string of the molecule is O=C(OCCCCBr)c1ccc(C(=O)OCCCCBr)cc1. The summed E-state index contributed by atoms with van der Waals surface area (Å²) in [5.74, 6) is -0.737. The molecule has 0 bridgehead atoms. The van der Waals surface area contributed by atoms with E-state index in [1.54, 1.807) is 24.3 Å². The third kappa shape index (κ3) is 7.40. The predicted molar refractivity (Wildman–Crippen MR) is 93.1 cm³/mol. The maximum Gasteiger partial charge on any atom is 0.338 e. The van der Waals surface area contributed by atoms with Crippen molar-refractivity contribution in [3.63, 3.8) is 0 Å². The lowest BCUT2D eigenvalue weighted by molar-refractivity contribution is 0.0485. The minimum absolute atomic E-state index is 0.369. The Labute approximate surface area is 147 Å². The molecule has 0 saturated carbocycles. The molecule has 1 rings (SSSR count). The summed E-state index contributed by atoms with van der Waals surface area (Å²) in [5.41, 5.74) is 0.879. The van der Waals surface area contributed by atoms with Crippen LogP contribution in [0.1, 0.15) is 46.4 Å². The maximum absolute atomic E-state index is 11.8. The van der Waals surface area contributed by atoms with E-state index in [2.05, 4.69) is 31.9 Å². The van der Waals surface area contributed by atoms with Gasteiger partial charge in [0.25, 0.3) is 0 Å². The normalized spacial score (nSPS) is 10.3. The van der Waals surface area contributed by atoms with Gasteiger partial charge in [-0.05, 0) is 49.9 Å².